The molecule has 1 fully saturated rings. The van der Waals surface area contributed by atoms with E-state index in [1.54, 1.807) is 0 Å². The minimum Gasteiger partial charge on any atom is -0.0654 e. The van der Waals surface area contributed by atoms with Crippen LogP contribution in [0.2, 0.25) is 0 Å². The SMILES string of the molecule is CCCC(C)CC1CCC(C)C1Cc1ccccc1. The lowest BCUT2D eigenvalue weighted by Crippen LogP contribution is -2.18. The first-order valence-electron chi connectivity index (χ1n) is 8.24. The van der Waals surface area contributed by atoms with E-state index in [9.17, 15) is 0 Å². The Labute approximate surface area is 119 Å². The molecule has 2 rings (SSSR count). The molecule has 1 aromatic carbocycles. The van der Waals surface area contributed by atoms with Crippen LogP contribution in [0.4, 0.5) is 0 Å². The topological polar surface area (TPSA) is 0 Å². The second kappa shape index (κ2) is 7.12. The first kappa shape index (κ1) is 14.6. The van der Waals surface area contributed by atoms with Crippen LogP contribution in [0.25, 0.3) is 0 Å². The van der Waals surface area contributed by atoms with Gasteiger partial charge in [0.1, 0.15) is 0 Å². The summed E-state index contributed by atoms with van der Waals surface area (Å²) in [5.74, 6) is 3.72. The smallest absolute Gasteiger partial charge is 0.0245 e. The molecule has 0 spiro atoms. The van der Waals surface area contributed by atoms with Crippen LogP contribution < -0.4 is 0 Å². The maximum Gasteiger partial charge on any atom is -0.0245 e. The third kappa shape index (κ3) is 4.09. The maximum atomic E-state index is 2.47. The zero-order valence-corrected chi connectivity index (χ0v) is 12.9. The van der Waals surface area contributed by atoms with E-state index >= 15 is 0 Å². The molecule has 19 heavy (non-hydrogen) atoms. The van der Waals surface area contributed by atoms with Crippen molar-refractivity contribution in [3.05, 3.63) is 35.9 Å². The number of hydrogen-bond acceptors (Lipinski definition) is 0. The van der Waals surface area contributed by atoms with E-state index < -0.39 is 0 Å². The summed E-state index contributed by atoms with van der Waals surface area (Å²) in [6.45, 7) is 7.24. The summed E-state index contributed by atoms with van der Waals surface area (Å²) in [7, 11) is 0. The zero-order valence-electron chi connectivity index (χ0n) is 12.9. The van der Waals surface area contributed by atoms with Crippen molar-refractivity contribution < 1.29 is 0 Å². The lowest BCUT2D eigenvalue weighted by atomic mass is 9.80. The minimum atomic E-state index is 0.915. The van der Waals surface area contributed by atoms with Crippen LogP contribution in [-0.2, 0) is 6.42 Å². The molecular formula is C19H30. The van der Waals surface area contributed by atoms with Crippen molar-refractivity contribution in [1.82, 2.24) is 0 Å². The van der Waals surface area contributed by atoms with Crippen LogP contribution >= 0.6 is 0 Å². The molecular weight excluding hydrogens is 228 g/mol. The average molecular weight is 258 g/mol. The summed E-state index contributed by atoms with van der Waals surface area (Å²) in [5, 5.41) is 0. The van der Waals surface area contributed by atoms with Gasteiger partial charge in [-0.25, -0.2) is 0 Å². The van der Waals surface area contributed by atoms with Gasteiger partial charge in [0.15, 0.2) is 0 Å². The van der Waals surface area contributed by atoms with E-state index in [-0.39, 0.29) is 0 Å². The number of rotatable bonds is 6. The Hall–Kier alpha value is -0.780. The molecule has 0 nitrogen and oxygen atoms in total. The van der Waals surface area contributed by atoms with Crippen LogP contribution in [0, 0.1) is 23.7 Å². The summed E-state index contributed by atoms with van der Waals surface area (Å²) in [5.41, 5.74) is 1.54. The number of benzene rings is 1. The van der Waals surface area contributed by atoms with Crippen molar-refractivity contribution in [3.63, 3.8) is 0 Å². The summed E-state index contributed by atoms with van der Waals surface area (Å²) in [6, 6.07) is 11.1. The average Bonchev–Trinajstić information content (AvgIpc) is 2.73. The van der Waals surface area contributed by atoms with Gasteiger partial charge in [-0.05, 0) is 48.5 Å². The molecule has 0 aromatic heterocycles. The van der Waals surface area contributed by atoms with Gasteiger partial charge in [0.2, 0.25) is 0 Å². The standard InChI is InChI=1S/C19H30/c1-4-8-15(2)13-18-12-11-16(3)19(18)14-17-9-6-5-7-10-17/h5-7,9-10,15-16,18-19H,4,8,11-14H2,1-3H3. The van der Waals surface area contributed by atoms with E-state index in [2.05, 4.69) is 51.1 Å². The van der Waals surface area contributed by atoms with Gasteiger partial charge < -0.3 is 0 Å². The molecule has 0 aliphatic heterocycles. The fraction of sp³-hybridized carbons (Fsp3) is 0.684. The Morgan fingerprint density at radius 3 is 2.58 bits per heavy atom. The Morgan fingerprint density at radius 2 is 1.89 bits per heavy atom. The summed E-state index contributed by atoms with van der Waals surface area (Å²) in [6.07, 6.45) is 8.41. The molecule has 1 saturated carbocycles. The highest BCUT2D eigenvalue weighted by molar-refractivity contribution is 5.16. The molecule has 1 aromatic rings. The van der Waals surface area contributed by atoms with Crippen LogP contribution in [-0.4, -0.2) is 0 Å². The molecule has 0 heterocycles. The molecule has 1 aliphatic rings. The quantitative estimate of drug-likeness (QED) is 0.612. The molecule has 0 N–H and O–H groups in total. The van der Waals surface area contributed by atoms with Gasteiger partial charge >= 0.3 is 0 Å². The zero-order chi connectivity index (χ0) is 13.7. The third-order valence-corrected chi connectivity index (χ3v) is 5.13. The van der Waals surface area contributed by atoms with Crippen molar-refractivity contribution in [1.29, 1.82) is 0 Å². The first-order chi connectivity index (χ1) is 9.20. The fourth-order valence-electron chi connectivity index (χ4n) is 4.04. The van der Waals surface area contributed by atoms with E-state index in [0.29, 0.717) is 0 Å². The Bertz CT molecular complexity index is 354. The van der Waals surface area contributed by atoms with Crippen molar-refractivity contribution in [3.8, 4) is 0 Å². The van der Waals surface area contributed by atoms with Crippen LogP contribution in [0.15, 0.2) is 30.3 Å². The van der Waals surface area contributed by atoms with Crippen LogP contribution in [0.3, 0.4) is 0 Å². The lowest BCUT2D eigenvalue weighted by Gasteiger charge is -2.25. The molecule has 0 bridgehead atoms. The van der Waals surface area contributed by atoms with E-state index in [4.69, 9.17) is 0 Å². The molecule has 4 unspecified atom stereocenters. The van der Waals surface area contributed by atoms with Gasteiger partial charge in [-0.2, -0.15) is 0 Å². The van der Waals surface area contributed by atoms with Crippen molar-refractivity contribution in [2.75, 3.05) is 0 Å². The van der Waals surface area contributed by atoms with Gasteiger partial charge in [0.05, 0.1) is 0 Å². The molecule has 4 atom stereocenters. The van der Waals surface area contributed by atoms with Gasteiger partial charge in [-0.1, -0.05) is 70.4 Å². The molecule has 0 saturated heterocycles. The van der Waals surface area contributed by atoms with E-state index in [1.807, 2.05) is 0 Å². The summed E-state index contributed by atoms with van der Waals surface area (Å²) < 4.78 is 0. The van der Waals surface area contributed by atoms with Crippen molar-refractivity contribution in [2.45, 2.75) is 59.3 Å². The summed E-state index contributed by atoms with van der Waals surface area (Å²) >= 11 is 0. The maximum absolute atomic E-state index is 2.47. The summed E-state index contributed by atoms with van der Waals surface area (Å²) in [4.78, 5) is 0. The minimum absolute atomic E-state index is 0.915. The first-order valence-corrected chi connectivity index (χ1v) is 8.24. The highest BCUT2D eigenvalue weighted by Crippen LogP contribution is 2.42. The van der Waals surface area contributed by atoms with E-state index in [1.165, 1.54) is 44.1 Å². The molecule has 0 radical (unpaired) electrons. The Kier molecular flexibility index (Phi) is 5.48. The van der Waals surface area contributed by atoms with Crippen LogP contribution in [0.1, 0.15) is 58.4 Å². The Balaban J connectivity index is 1.95. The van der Waals surface area contributed by atoms with Gasteiger partial charge in [-0.15, -0.1) is 0 Å². The predicted octanol–water partition coefficient (Wildman–Crippen LogP) is 5.72. The van der Waals surface area contributed by atoms with Gasteiger partial charge in [0.25, 0.3) is 0 Å². The highest BCUT2D eigenvalue weighted by Gasteiger charge is 2.33. The lowest BCUT2D eigenvalue weighted by molar-refractivity contribution is 0.270. The molecule has 0 amide bonds. The van der Waals surface area contributed by atoms with E-state index in [0.717, 1.165) is 23.7 Å². The van der Waals surface area contributed by atoms with Gasteiger partial charge in [0, 0.05) is 0 Å². The molecule has 0 heteroatoms. The fourth-order valence-corrected chi connectivity index (χ4v) is 4.04. The molecule has 106 valence electrons. The Morgan fingerprint density at radius 1 is 1.16 bits per heavy atom. The molecule has 1 aliphatic carbocycles. The predicted molar refractivity (Wildman–Crippen MR) is 84.2 cm³/mol. The van der Waals surface area contributed by atoms with Crippen molar-refractivity contribution in [2.24, 2.45) is 23.7 Å². The largest absolute Gasteiger partial charge is 0.0654 e. The van der Waals surface area contributed by atoms with Gasteiger partial charge in [-0.3, -0.25) is 0 Å². The highest BCUT2D eigenvalue weighted by atomic mass is 14.4. The third-order valence-electron chi connectivity index (χ3n) is 5.13. The number of hydrogen-bond donors (Lipinski definition) is 0. The normalized spacial score (nSPS) is 28.5. The monoisotopic (exact) mass is 258 g/mol. The second-order valence-electron chi connectivity index (χ2n) is 6.80. The van der Waals surface area contributed by atoms with Crippen molar-refractivity contribution >= 4 is 0 Å². The second-order valence-corrected chi connectivity index (χ2v) is 6.80. The van der Waals surface area contributed by atoms with Crippen LogP contribution in [0.5, 0.6) is 0 Å².